The molecule has 1 aromatic carbocycles. The number of nitrogens with one attached hydrogen (secondary N) is 1. The van der Waals surface area contributed by atoms with Gasteiger partial charge in [0.1, 0.15) is 24.5 Å². The number of pyridine rings is 1. The van der Waals surface area contributed by atoms with Crippen LogP contribution in [0.3, 0.4) is 0 Å². The first-order chi connectivity index (χ1) is 13.9. The Hall–Kier alpha value is -3.28. The molecule has 0 radical (unpaired) electrons. The first-order valence-corrected chi connectivity index (χ1v) is 9.28. The van der Waals surface area contributed by atoms with Crippen molar-refractivity contribution in [2.24, 2.45) is 0 Å². The van der Waals surface area contributed by atoms with E-state index in [0.29, 0.717) is 36.2 Å². The lowest BCUT2D eigenvalue weighted by molar-refractivity contribution is -0.141. The molecular formula is C21H21N5O3. The first kappa shape index (κ1) is 19.1. The molecule has 0 aliphatic carbocycles. The van der Waals surface area contributed by atoms with E-state index in [2.05, 4.69) is 26.2 Å². The molecule has 1 saturated heterocycles. The van der Waals surface area contributed by atoms with Crippen molar-refractivity contribution in [2.45, 2.75) is 32.7 Å². The summed E-state index contributed by atoms with van der Waals surface area (Å²) in [6.45, 7) is 6.41. The summed E-state index contributed by atoms with van der Waals surface area (Å²) >= 11 is 0. The Balaban J connectivity index is 1.51. The fourth-order valence-electron chi connectivity index (χ4n) is 3.12. The Bertz CT molecular complexity index is 1070. The van der Waals surface area contributed by atoms with Crippen molar-refractivity contribution >= 4 is 0 Å². The van der Waals surface area contributed by atoms with Crippen LogP contribution >= 0.6 is 0 Å². The number of benzene rings is 1. The molecular weight excluding hydrogens is 370 g/mol. The van der Waals surface area contributed by atoms with Gasteiger partial charge in [0.05, 0.1) is 12.2 Å². The van der Waals surface area contributed by atoms with E-state index in [9.17, 15) is 5.26 Å². The normalized spacial score (nSPS) is 17.8. The molecule has 1 unspecified atom stereocenters. The van der Waals surface area contributed by atoms with Gasteiger partial charge in [-0.1, -0.05) is 0 Å². The number of ether oxygens (including phenoxy) is 3. The summed E-state index contributed by atoms with van der Waals surface area (Å²) < 4.78 is 17.1. The van der Waals surface area contributed by atoms with Crippen molar-refractivity contribution in [1.29, 1.82) is 5.26 Å². The zero-order chi connectivity index (χ0) is 20.4. The van der Waals surface area contributed by atoms with Gasteiger partial charge >= 0.3 is 0 Å². The number of rotatable bonds is 5. The number of aromatic amines is 1. The van der Waals surface area contributed by atoms with E-state index < -0.39 is 5.79 Å². The molecule has 0 bridgehead atoms. The summed E-state index contributed by atoms with van der Waals surface area (Å²) in [5.41, 5.74) is 2.93. The number of hydrogen-bond acceptors (Lipinski definition) is 7. The molecule has 1 aliphatic rings. The lowest BCUT2D eigenvalue weighted by atomic mass is 10.1. The van der Waals surface area contributed by atoms with E-state index in [1.807, 2.05) is 39.0 Å². The van der Waals surface area contributed by atoms with Gasteiger partial charge in [0.2, 0.25) is 0 Å². The number of hydrogen-bond donors (Lipinski definition) is 1. The van der Waals surface area contributed by atoms with Gasteiger partial charge in [-0.2, -0.15) is 10.4 Å². The Morgan fingerprint density at radius 1 is 1.28 bits per heavy atom. The highest BCUT2D eigenvalue weighted by atomic mass is 16.7. The van der Waals surface area contributed by atoms with Crippen LogP contribution in [0, 0.1) is 18.3 Å². The molecule has 1 N–H and O–H groups in total. The first-order valence-electron chi connectivity index (χ1n) is 9.28. The Kier molecular flexibility index (Phi) is 5.01. The van der Waals surface area contributed by atoms with Gasteiger partial charge in [-0.25, -0.2) is 4.98 Å². The second-order valence-electron chi connectivity index (χ2n) is 7.28. The average Bonchev–Trinajstić information content (AvgIpc) is 3.33. The van der Waals surface area contributed by atoms with Crippen LogP contribution in [-0.4, -0.2) is 45.3 Å². The lowest BCUT2D eigenvalue weighted by Crippen LogP contribution is -2.25. The van der Waals surface area contributed by atoms with Crippen LogP contribution in [0.2, 0.25) is 0 Å². The van der Waals surface area contributed by atoms with E-state index in [-0.39, 0.29) is 6.10 Å². The minimum Gasteiger partial charge on any atom is -0.489 e. The Labute approximate surface area is 168 Å². The second kappa shape index (κ2) is 7.62. The molecule has 0 spiro atoms. The summed E-state index contributed by atoms with van der Waals surface area (Å²) in [6.07, 6.45) is 1.56. The maximum Gasteiger partial charge on any atom is 0.181 e. The molecule has 0 amide bonds. The Morgan fingerprint density at radius 2 is 2.14 bits per heavy atom. The molecule has 3 aromatic rings. The molecule has 1 atom stereocenters. The van der Waals surface area contributed by atoms with Gasteiger partial charge < -0.3 is 14.2 Å². The SMILES string of the molecule is Cc1cc(-c2nc(-c3ccc(OCC4COC(C)(C)O4)c(C#N)c3)n[nH]2)ccn1. The smallest absolute Gasteiger partial charge is 0.181 e. The highest BCUT2D eigenvalue weighted by molar-refractivity contribution is 5.64. The van der Waals surface area contributed by atoms with E-state index in [1.54, 1.807) is 18.3 Å². The van der Waals surface area contributed by atoms with Crippen LogP contribution in [-0.2, 0) is 9.47 Å². The Morgan fingerprint density at radius 3 is 2.86 bits per heavy atom. The topological polar surface area (TPSA) is 106 Å². The van der Waals surface area contributed by atoms with Gasteiger partial charge in [-0.15, -0.1) is 0 Å². The average molecular weight is 391 g/mol. The maximum atomic E-state index is 9.54. The number of nitrogens with zero attached hydrogens (tertiary/aromatic N) is 4. The van der Waals surface area contributed by atoms with Crippen molar-refractivity contribution < 1.29 is 14.2 Å². The molecule has 0 saturated carbocycles. The van der Waals surface area contributed by atoms with Gasteiger partial charge in [0.15, 0.2) is 17.4 Å². The molecule has 29 heavy (non-hydrogen) atoms. The lowest BCUT2D eigenvalue weighted by Gasteiger charge is -2.17. The largest absolute Gasteiger partial charge is 0.489 e. The van der Waals surface area contributed by atoms with Crippen LogP contribution in [0.5, 0.6) is 5.75 Å². The molecule has 1 fully saturated rings. The summed E-state index contributed by atoms with van der Waals surface area (Å²) in [5.74, 6) is 1.04. The van der Waals surface area contributed by atoms with Crippen molar-refractivity contribution in [2.75, 3.05) is 13.2 Å². The third-order valence-electron chi connectivity index (χ3n) is 4.51. The molecule has 1 aliphatic heterocycles. The zero-order valence-electron chi connectivity index (χ0n) is 16.5. The summed E-state index contributed by atoms with van der Waals surface area (Å²) in [7, 11) is 0. The van der Waals surface area contributed by atoms with Crippen molar-refractivity contribution in [3.05, 3.63) is 47.8 Å². The number of H-pyrrole nitrogens is 1. The highest BCUT2D eigenvalue weighted by Crippen LogP contribution is 2.27. The van der Waals surface area contributed by atoms with Crippen LogP contribution in [0.15, 0.2) is 36.5 Å². The quantitative estimate of drug-likeness (QED) is 0.711. The van der Waals surface area contributed by atoms with Gasteiger partial charge in [-0.05, 0) is 51.1 Å². The van der Waals surface area contributed by atoms with Crippen molar-refractivity contribution in [1.82, 2.24) is 20.2 Å². The van der Waals surface area contributed by atoms with E-state index in [0.717, 1.165) is 16.8 Å². The molecule has 2 aromatic heterocycles. The van der Waals surface area contributed by atoms with Crippen LogP contribution in [0.4, 0.5) is 0 Å². The van der Waals surface area contributed by atoms with E-state index in [4.69, 9.17) is 14.2 Å². The number of aryl methyl sites for hydroxylation is 1. The fraction of sp³-hybridized carbons (Fsp3) is 0.333. The molecule has 8 nitrogen and oxygen atoms in total. The van der Waals surface area contributed by atoms with E-state index >= 15 is 0 Å². The minimum atomic E-state index is -0.605. The van der Waals surface area contributed by atoms with E-state index in [1.165, 1.54) is 0 Å². The van der Waals surface area contributed by atoms with Crippen LogP contribution < -0.4 is 4.74 Å². The third kappa shape index (κ3) is 4.26. The fourth-order valence-corrected chi connectivity index (χ4v) is 3.12. The molecule has 3 heterocycles. The second-order valence-corrected chi connectivity index (χ2v) is 7.28. The summed E-state index contributed by atoms with van der Waals surface area (Å²) in [4.78, 5) is 8.73. The van der Waals surface area contributed by atoms with Gasteiger partial charge in [0.25, 0.3) is 0 Å². The predicted octanol–water partition coefficient (Wildman–Crippen LogP) is 3.24. The van der Waals surface area contributed by atoms with Crippen LogP contribution in [0.25, 0.3) is 22.8 Å². The summed E-state index contributed by atoms with van der Waals surface area (Å²) in [6, 6.07) is 11.3. The third-order valence-corrected chi connectivity index (χ3v) is 4.51. The van der Waals surface area contributed by atoms with Gasteiger partial charge in [0, 0.05) is 23.0 Å². The number of aromatic nitrogens is 4. The number of nitriles is 1. The monoisotopic (exact) mass is 391 g/mol. The van der Waals surface area contributed by atoms with Gasteiger partial charge in [-0.3, -0.25) is 10.1 Å². The zero-order valence-corrected chi connectivity index (χ0v) is 16.5. The summed E-state index contributed by atoms with van der Waals surface area (Å²) in [5, 5.41) is 16.8. The van der Waals surface area contributed by atoms with Crippen LogP contribution in [0.1, 0.15) is 25.1 Å². The molecule has 148 valence electrons. The predicted molar refractivity (Wildman–Crippen MR) is 105 cm³/mol. The maximum absolute atomic E-state index is 9.54. The van der Waals surface area contributed by atoms with Crippen molar-refractivity contribution in [3.8, 4) is 34.6 Å². The minimum absolute atomic E-state index is 0.171. The van der Waals surface area contributed by atoms with Crippen molar-refractivity contribution in [3.63, 3.8) is 0 Å². The highest BCUT2D eigenvalue weighted by Gasteiger charge is 2.33. The molecule has 4 rings (SSSR count). The molecule has 8 heteroatoms. The standard InChI is InChI=1S/C21H21N5O3/c1-13-8-15(6-7-23-13)20-24-19(25-26-20)14-4-5-18(16(9-14)10-22)27-11-17-12-28-21(2,3)29-17/h4-9,17H,11-12H2,1-3H3,(H,24,25,26).